The summed E-state index contributed by atoms with van der Waals surface area (Å²) in [6, 6.07) is 12.5. The number of fused-ring (bicyclic) bond motifs is 1. The van der Waals surface area contributed by atoms with Gasteiger partial charge in [0.25, 0.3) is 5.91 Å². The number of nitrogens with one attached hydrogen (secondary N) is 2. The number of hydrogen-bond acceptors (Lipinski definition) is 6. The third-order valence-corrected chi connectivity index (χ3v) is 5.70. The van der Waals surface area contributed by atoms with Crippen molar-refractivity contribution in [3.05, 3.63) is 59.9 Å². The lowest BCUT2D eigenvalue weighted by molar-refractivity contribution is -0.115. The zero-order valence-corrected chi connectivity index (χ0v) is 18.8. The first-order valence-electron chi connectivity index (χ1n) is 11.2. The molecule has 4 rings (SSSR count). The number of methoxy groups -OCH3 is 1. The summed E-state index contributed by atoms with van der Waals surface area (Å²) in [5.74, 6) is 0.271. The summed E-state index contributed by atoms with van der Waals surface area (Å²) in [5, 5.41) is 6.69. The Balaban J connectivity index is 1.33. The second-order valence-corrected chi connectivity index (χ2v) is 7.96. The van der Waals surface area contributed by atoms with E-state index in [1.54, 1.807) is 43.7 Å². The van der Waals surface area contributed by atoms with E-state index in [2.05, 4.69) is 15.5 Å². The molecular formula is C25H29N3O5. The zero-order chi connectivity index (χ0) is 23.0. The molecule has 0 spiro atoms. The minimum atomic E-state index is -0.221. The zero-order valence-electron chi connectivity index (χ0n) is 18.8. The first kappa shape index (κ1) is 22.8. The van der Waals surface area contributed by atoms with Gasteiger partial charge in [0, 0.05) is 36.7 Å². The molecule has 174 valence electrons. The quantitative estimate of drug-likeness (QED) is 0.486. The number of nitrogens with zero attached hydrogens (tertiary/aromatic N) is 1. The van der Waals surface area contributed by atoms with E-state index in [1.165, 1.54) is 0 Å². The summed E-state index contributed by atoms with van der Waals surface area (Å²) in [6.07, 6.45) is 2.57. The number of hydrogen-bond donors (Lipinski definition) is 2. The molecule has 33 heavy (non-hydrogen) atoms. The first-order chi connectivity index (χ1) is 16.1. The molecule has 1 aliphatic rings. The molecule has 8 nitrogen and oxygen atoms in total. The second kappa shape index (κ2) is 11.0. The lowest BCUT2D eigenvalue weighted by Crippen LogP contribution is -2.38. The summed E-state index contributed by atoms with van der Waals surface area (Å²) >= 11 is 0. The summed E-state index contributed by atoms with van der Waals surface area (Å²) in [6.45, 7) is 4.89. The van der Waals surface area contributed by atoms with E-state index >= 15 is 0 Å². The standard InChI is InChI=1S/C25H29N3O5/c1-31-19-7-8-20-18(17-33-23(20)16-19)15-24(29)27-22-6-3-2-5-21(22)25(30)26-9-4-10-28-11-13-32-14-12-28/h2-3,5-8,16-17H,4,9-15H2,1H3,(H,26,30)(H,27,29). The van der Waals surface area contributed by atoms with E-state index in [1.807, 2.05) is 12.1 Å². The topological polar surface area (TPSA) is 93.0 Å². The Hall–Kier alpha value is -3.36. The highest BCUT2D eigenvalue weighted by Gasteiger charge is 2.16. The van der Waals surface area contributed by atoms with Gasteiger partial charge < -0.3 is 24.5 Å². The smallest absolute Gasteiger partial charge is 0.253 e. The van der Waals surface area contributed by atoms with Crippen LogP contribution >= 0.6 is 0 Å². The summed E-state index contributed by atoms with van der Waals surface area (Å²) in [7, 11) is 1.59. The van der Waals surface area contributed by atoms with Crippen molar-refractivity contribution >= 4 is 28.5 Å². The van der Waals surface area contributed by atoms with E-state index in [4.69, 9.17) is 13.9 Å². The summed E-state index contributed by atoms with van der Waals surface area (Å²) in [4.78, 5) is 27.8. The molecule has 8 heteroatoms. The Morgan fingerprint density at radius 2 is 1.94 bits per heavy atom. The molecule has 2 heterocycles. The van der Waals surface area contributed by atoms with Crippen LogP contribution in [0.1, 0.15) is 22.3 Å². The average molecular weight is 452 g/mol. The number of furan rings is 1. The van der Waals surface area contributed by atoms with Crippen LogP contribution in [0.3, 0.4) is 0 Å². The molecule has 0 atom stereocenters. The number of benzene rings is 2. The van der Waals surface area contributed by atoms with Crippen LogP contribution in [0.2, 0.25) is 0 Å². The molecule has 0 bridgehead atoms. The van der Waals surface area contributed by atoms with E-state index in [-0.39, 0.29) is 18.2 Å². The maximum atomic E-state index is 12.7. The van der Waals surface area contributed by atoms with E-state index in [0.29, 0.717) is 29.1 Å². The molecule has 1 aromatic heterocycles. The number of para-hydroxylation sites is 1. The van der Waals surface area contributed by atoms with Crippen LogP contribution < -0.4 is 15.4 Å². The van der Waals surface area contributed by atoms with Crippen molar-refractivity contribution < 1.29 is 23.5 Å². The molecule has 0 unspecified atom stereocenters. The van der Waals surface area contributed by atoms with Crippen molar-refractivity contribution in [3.63, 3.8) is 0 Å². The highest BCUT2D eigenvalue weighted by molar-refractivity contribution is 6.04. The Kier molecular flexibility index (Phi) is 7.59. The van der Waals surface area contributed by atoms with Gasteiger partial charge in [-0.15, -0.1) is 0 Å². The predicted molar refractivity (Wildman–Crippen MR) is 126 cm³/mol. The van der Waals surface area contributed by atoms with Gasteiger partial charge in [0.05, 0.1) is 44.3 Å². The van der Waals surface area contributed by atoms with Gasteiger partial charge in [0.1, 0.15) is 11.3 Å². The minimum absolute atomic E-state index is 0.134. The fourth-order valence-corrected chi connectivity index (χ4v) is 3.91. The molecule has 1 aliphatic heterocycles. The fraction of sp³-hybridized carbons (Fsp3) is 0.360. The Morgan fingerprint density at radius 1 is 1.12 bits per heavy atom. The van der Waals surface area contributed by atoms with Crippen molar-refractivity contribution in [3.8, 4) is 5.75 Å². The van der Waals surface area contributed by atoms with E-state index < -0.39 is 0 Å². The molecule has 2 amide bonds. The van der Waals surface area contributed by atoms with Gasteiger partial charge in [0.15, 0.2) is 0 Å². The Bertz CT molecular complexity index is 1100. The lowest BCUT2D eigenvalue weighted by atomic mass is 10.1. The van der Waals surface area contributed by atoms with E-state index in [0.717, 1.165) is 50.2 Å². The van der Waals surface area contributed by atoms with Crippen LogP contribution in [0.15, 0.2) is 53.1 Å². The van der Waals surface area contributed by atoms with E-state index in [9.17, 15) is 9.59 Å². The normalized spacial score (nSPS) is 14.2. The monoisotopic (exact) mass is 451 g/mol. The molecule has 0 saturated carbocycles. The number of rotatable bonds is 9. The molecule has 1 fully saturated rings. The van der Waals surface area contributed by atoms with Crippen LogP contribution in [0, 0.1) is 0 Å². The number of ether oxygens (including phenoxy) is 2. The molecule has 0 aliphatic carbocycles. The molecule has 0 radical (unpaired) electrons. The lowest BCUT2D eigenvalue weighted by Gasteiger charge is -2.26. The predicted octanol–water partition coefficient (Wildman–Crippen LogP) is 3.07. The number of carbonyl (C=O) groups excluding carboxylic acids is 2. The Morgan fingerprint density at radius 3 is 2.76 bits per heavy atom. The molecule has 2 N–H and O–H groups in total. The second-order valence-electron chi connectivity index (χ2n) is 7.96. The fourth-order valence-electron chi connectivity index (χ4n) is 3.91. The van der Waals surface area contributed by atoms with Crippen LogP contribution in [0.5, 0.6) is 5.75 Å². The van der Waals surface area contributed by atoms with Gasteiger partial charge in [0.2, 0.25) is 5.91 Å². The van der Waals surface area contributed by atoms with Crippen molar-refractivity contribution in [1.29, 1.82) is 0 Å². The van der Waals surface area contributed by atoms with Crippen LogP contribution in [0.4, 0.5) is 5.69 Å². The Labute approximate surface area is 192 Å². The van der Waals surface area contributed by atoms with Gasteiger partial charge >= 0.3 is 0 Å². The number of carbonyl (C=O) groups is 2. The maximum absolute atomic E-state index is 12.7. The average Bonchev–Trinajstić information content (AvgIpc) is 3.24. The minimum Gasteiger partial charge on any atom is -0.497 e. The molecule has 1 saturated heterocycles. The first-order valence-corrected chi connectivity index (χ1v) is 11.2. The number of amides is 2. The molecular weight excluding hydrogens is 422 g/mol. The van der Waals surface area contributed by atoms with Crippen molar-refractivity contribution in [2.45, 2.75) is 12.8 Å². The maximum Gasteiger partial charge on any atom is 0.253 e. The third-order valence-electron chi connectivity index (χ3n) is 5.70. The van der Waals surface area contributed by atoms with Crippen molar-refractivity contribution in [2.24, 2.45) is 0 Å². The summed E-state index contributed by atoms with van der Waals surface area (Å²) in [5.41, 5.74) is 2.37. The van der Waals surface area contributed by atoms with Crippen LogP contribution in [0.25, 0.3) is 11.0 Å². The molecule has 2 aromatic carbocycles. The SMILES string of the molecule is COc1ccc2c(CC(=O)Nc3ccccc3C(=O)NCCCN3CCOCC3)coc2c1. The van der Waals surface area contributed by atoms with Gasteiger partial charge in [-0.25, -0.2) is 0 Å². The third kappa shape index (κ3) is 5.91. The van der Waals surface area contributed by atoms with Gasteiger partial charge in [-0.2, -0.15) is 0 Å². The highest BCUT2D eigenvalue weighted by atomic mass is 16.5. The van der Waals surface area contributed by atoms with Crippen LogP contribution in [-0.2, 0) is 16.0 Å². The van der Waals surface area contributed by atoms with Crippen LogP contribution in [-0.4, -0.2) is 63.2 Å². The largest absolute Gasteiger partial charge is 0.497 e. The van der Waals surface area contributed by atoms with Crippen molar-refractivity contribution in [2.75, 3.05) is 51.8 Å². The molecule has 3 aromatic rings. The number of anilines is 1. The highest BCUT2D eigenvalue weighted by Crippen LogP contribution is 2.26. The van der Waals surface area contributed by atoms with Crippen molar-refractivity contribution in [1.82, 2.24) is 10.2 Å². The number of morpholine rings is 1. The summed E-state index contributed by atoms with van der Waals surface area (Å²) < 4.78 is 16.1. The van der Waals surface area contributed by atoms with Gasteiger partial charge in [-0.3, -0.25) is 14.5 Å². The van der Waals surface area contributed by atoms with Gasteiger partial charge in [-0.1, -0.05) is 12.1 Å². The van der Waals surface area contributed by atoms with Gasteiger partial charge in [-0.05, 0) is 37.2 Å².